The lowest BCUT2D eigenvalue weighted by Crippen LogP contribution is -2.57. The molecule has 0 aromatic heterocycles. The van der Waals surface area contributed by atoms with Crippen molar-refractivity contribution < 1.29 is 24.3 Å². The number of hydroxylamine groups is 1. The van der Waals surface area contributed by atoms with Crippen LogP contribution in [0.3, 0.4) is 0 Å². The number of carbonyl (C=O) groups excluding carboxylic acids is 3. The normalized spacial score (nSPS) is 14.4. The molecule has 0 saturated heterocycles. The highest BCUT2D eigenvalue weighted by Gasteiger charge is 2.39. The van der Waals surface area contributed by atoms with E-state index >= 15 is 0 Å². The second-order valence-corrected chi connectivity index (χ2v) is 9.50. The first-order valence-corrected chi connectivity index (χ1v) is 11.1. The van der Waals surface area contributed by atoms with E-state index in [0.717, 1.165) is 16.3 Å². The maximum Gasteiger partial charge on any atom is 0.273 e. The van der Waals surface area contributed by atoms with Gasteiger partial charge in [0.15, 0.2) is 6.10 Å². The highest BCUT2D eigenvalue weighted by Crippen LogP contribution is 2.24. The smallest absolute Gasteiger partial charge is 0.273 e. The summed E-state index contributed by atoms with van der Waals surface area (Å²) in [6.45, 7) is 9.01. The number of hydrogen-bond donors (Lipinski definition) is 4. The monoisotopic (exact) mass is 457 g/mol. The van der Waals surface area contributed by atoms with E-state index in [0.29, 0.717) is 0 Å². The van der Waals surface area contributed by atoms with Crippen molar-refractivity contribution in [2.24, 2.45) is 11.3 Å². The van der Waals surface area contributed by atoms with Crippen LogP contribution in [0.1, 0.15) is 40.2 Å². The maximum atomic E-state index is 13.5. The van der Waals surface area contributed by atoms with E-state index in [9.17, 15) is 19.6 Å². The molecule has 0 fully saturated rings. The predicted molar refractivity (Wildman–Crippen MR) is 127 cm³/mol. The molecule has 3 amide bonds. The molecule has 2 aromatic carbocycles. The molecule has 0 aliphatic rings. The van der Waals surface area contributed by atoms with E-state index in [1.165, 1.54) is 7.05 Å². The molecule has 180 valence electrons. The Bertz CT molecular complexity index is 983. The third-order valence-electron chi connectivity index (χ3n) is 5.42. The molecular formula is C25H35N3O5. The van der Waals surface area contributed by atoms with Gasteiger partial charge in [0.05, 0.1) is 12.0 Å². The van der Waals surface area contributed by atoms with Gasteiger partial charge in [-0.05, 0) is 42.0 Å². The second-order valence-electron chi connectivity index (χ2n) is 9.50. The van der Waals surface area contributed by atoms with Gasteiger partial charge in [-0.1, -0.05) is 63.2 Å². The van der Waals surface area contributed by atoms with Crippen LogP contribution < -0.4 is 16.1 Å². The van der Waals surface area contributed by atoms with Gasteiger partial charge >= 0.3 is 0 Å². The van der Waals surface area contributed by atoms with Crippen LogP contribution in [-0.4, -0.2) is 48.2 Å². The highest BCUT2D eigenvalue weighted by molar-refractivity contribution is 5.93. The number of nitrogens with one attached hydrogen (secondary N) is 3. The fourth-order valence-corrected chi connectivity index (χ4v) is 3.72. The summed E-state index contributed by atoms with van der Waals surface area (Å²) in [7, 11) is 1.50. The molecule has 0 saturated carbocycles. The predicted octanol–water partition coefficient (Wildman–Crippen LogP) is 2.57. The highest BCUT2D eigenvalue weighted by atomic mass is 16.5. The summed E-state index contributed by atoms with van der Waals surface area (Å²) in [4.78, 5) is 38.5. The summed E-state index contributed by atoms with van der Waals surface area (Å²) >= 11 is 0. The average molecular weight is 458 g/mol. The molecule has 2 aromatic rings. The van der Waals surface area contributed by atoms with E-state index in [1.807, 2.05) is 63.2 Å². The topological polar surface area (TPSA) is 117 Å². The van der Waals surface area contributed by atoms with Gasteiger partial charge in [0.2, 0.25) is 11.8 Å². The molecule has 0 heterocycles. The van der Waals surface area contributed by atoms with Crippen LogP contribution in [0.15, 0.2) is 42.5 Å². The molecule has 0 aliphatic heterocycles. The first-order chi connectivity index (χ1) is 15.5. The molecule has 33 heavy (non-hydrogen) atoms. The summed E-state index contributed by atoms with van der Waals surface area (Å²) in [5, 5.41) is 16.8. The first-order valence-electron chi connectivity index (χ1n) is 11.1. The van der Waals surface area contributed by atoms with Crippen molar-refractivity contribution in [3.63, 3.8) is 0 Å². The Morgan fingerprint density at radius 1 is 0.970 bits per heavy atom. The van der Waals surface area contributed by atoms with Crippen molar-refractivity contribution in [2.45, 2.75) is 59.3 Å². The lowest BCUT2D eigenvalue weighted by atomic mass is 9.84. The zero-order chi connectivity index (χ0) is 24.8. The van der Waals surface area contributed by atoms with Crippen LogP contribution in [0.25, 0.3) is 10.8 Å². The molecule has 3 atom stereocenters. The van der Waals surface area contributed by atoms with Crippen LogP contribution in [0.4, 0.5) is 0 Å². The van der Waals surface area contributed by atoms with Crippen LogP contribution in [0.2, 0.25) is 0 Å². The van der Waals surface area contributed by atoms with Crippen molar-refractivity contribution in [2.75, 3.05) is 7.05 Å². The average Bonchev–Trinajstić information content (AvgIpc) is 2.77. The van der Waals surface area contributed by atoms with Crippen molar-refractivity contribution >= 4 is 28.5 Å². The number of fused-ring (bicyclic) bond motifs is 1. The first kappa shape index (κ1) is 26.3. The Labute approximate surface area is 195 Å². The standard InChI is InChI=1S/C25H35N3O5/c1-15(2)33-20(23(30)28-32)19(22(29)27-21(24(31)26-6)25(3,4)5)14-16-11-12-17-9-7-8-10-18(17)13-16/h7-13,15,19-21,32H,14H2,1-6H3,(H,26,31)(H,27,29)(H,28,30). The number of rotatable bonds is 9. The van der Waals surface area contributed by atoms with Gasteiger partial charge in [-0.2, -0.15) is 0 Å². The third kappa shape index (κ3) is 7.00. The van der Waals surface area contributed by atoms with E-state index in [1.54, 1.807) is 19.3 Å². The lowest BCUT2D eigenvalue weighted by Gasteiger charge is -2.33. The van der Waals surface area contributed by atoms with E-state index in [4.69, 9.17) is 4.74 Å². The molecule has 0 aliphatic carbocycles. The summed E-state index contributed by atoms with van der Waals surface area (Å²) in [5.74, 6) is -2.67. The van der Waals surface area contributed by atoms with Gasteiger partial charge in [-0.25, -0.2) is 5.48 Å². The molecule has 0 radical (unpaired) electrons. The summed E-state index contributed by atoms with van der Waals surface area (Å²) in [6, 6.07) is 12.8. The fraction of sp³-hybridized carbons (Fsp3) is 0.480. The number of benzene rings is 2. The zero-order valence-electron chi connectivity index (χ0n) is 20.1. The minimum atomic E-state index is -1.26. The van der Waals surface area contributed by atoms with Gasteiger partial charge < -0.3 is 15.4 Å². The molecule has 8 heteroatoms. The van der Waals surface area contributed by atoms with Gasteiger partial charge in [0.1, 0.15) is 6.04 Å². The van der Waals surface area contributed by atoms with Crippen LogP contribution in [-0.2, 0) is 25.5 Å². The maximum absolute atomic E-state index is 13.5. The lowest BCUT2D eigenvalue weighted by molar-refractivity contribution is -0.154. The minimum Gasteiger partial charge on any atom is -0.365 e. The van der Waals surface area contributed by atoms with Crippen molar-refractivity contribution in [1.82, 2.24) is 16.1 Å². The number of likely N-dealkylation sites (N-methyl/N-ethyl adjacent to an activating group) is 1. The number of carbonyl (C=O) groups is 3. The van der Waals surface area contributed by atoms with E-state index < -0.39 is 35.3 Å². The Morgan fingerprint density at radius 3 is 2.15 bits per heavy atom. The van der Waals surface area contributed by atoms with Gasteiger partial charge in [0.25, 0.3) is 5.91 Å². The molecule has 2 rings (SSSR count). The number of amides is 3. The van der Waals surface area contributed by atoms with Gasteiger partial charge in [-0.15, -0.1) is 0 Å². The molecule has 4 N–H and O–H groups in total. The fourth-order valence-electron chi connectivity index (χ4n) is 3.72. The molecule has 0 bridgehead atoms. The van der Waals surface area contributed by atoms with E-state index in [-0.39, 0.29) is 18.4 Å². The van der Waals surface area contributed by atoms with E-state index in [2.05, 4.69) is 10.6 Å². The largest absolute Gasteiger partial charge is 0.365 e. The number of hydrogen-bond acceptors (Lipinski definition) is 5. The zero-order valence-corrected chi connectivity index (χ0v) is 20.1. The Balaban J connectivity index is 2.46. The summed E-state index contributed by atoms with van der Waals surface area (Å²) in [5.41, 5.74) is 1.87. The number of ether oxygens (including phenoxy) is 1. The molecule has 8 nitrogen and oxygen atoms in total. The van der Waals surface area contributed by atoms with Crippen LogP contribution >= 0.6 is 0 Å². The Morgan fingerprint density at radius 2 is 1.61 bits per heavy atom. The van der Waals surface area contributed by atoms with Crippen LogP contribution in [0, 0.1) is 11.3 Å². The molecule has 0 spiro atoms. The molecular weight excluding hydrogens is 422 g/mol. The van der Waals surface area contributed by atoms with Gasteiger partial charge in [-0.3, -0.25) is 19.6 Å². The van der Waals surface area contributed by atoms with Crippen molar-refractivity contribution in [3.8, 4) is 0 Å². The van der Waals surface area contributed by atoms with Crippen molar-refractivity contribution in [1.29, 1.82) is 0 Å². The summed E-state index contributed by atoms with van der Waals surface area (Å²) < 4.78 is 5.77. The molecule has 3 unspecified atom stereocenters. The van der Waals surface area contributed by atoms with Crippen LogP contribution in [0.5, 0.6) is 0 Å². The Hall–Kier alpha value is -2.97. The van der Waals surface area contributed by atoms with Gasteiger partial charge in [0, 0.05) is 7.05 Å². The second kappa shape index (κ2) is 11.2. The SMILES string of the molecule is CNC(=O)C(NC(=O)C(Cc1ccc2ccccc2c1)C(OC(C)C)C(=O)NO)C(C)(C)C. The summed E-state index contributed by atoms with van der Waals surface area (Å²) in [6.07, 6.45) is -1.46. The Kier molecular flexibility index (Phi) is 8.96. The quantitative estimate of drug-likeness (QED) is 0.341. The third-order valence-corrected chi connectivity index (χ3v) is 5.42. The minimum absolute atomic E-state index is 0.173. The van der Waals surface area contributed by atoms with Crippen molar-refractivity contribution in [3.05, 3.63) is 48.0 Å².